The van der Waals surface area contributed by atoms with Gasteiger partial charge in [-0.05, 0) is 68.9 Å². The number of aromatic amines is 1. The Bertz CT molecular complexity index is 434. The van der Waals surface area contributed by atoms with E-state index in [1.807, 2.05) is 0 Å². The van der Waals surface area contributed by atoms with Crippen molar-refractivity contribution in [2.24, 2.45) is 17.8 Å². The predicted octanol–water partition coefficient (Wildman–Crippen LogP) is 3.41. The second-order valence-corrected chi connectivity index (χ2v) is 6.20. The molecule has 0 saturated heterocycles. The molecule has 17 heavy (non-hydrogen) atoms. The van der Waals surface area contributed by atoms with Crippen LogP contribution < -0.4 is 0 Å². The van der Waals surface area contributed by atoms with Crippen molar-refractivity contribution < 1.29 is 5.11 Å². The summed E-state index contributed by atoms with van der Waals surface area (Å²) in [6, 6.07) is 0. The molecule has 1 aromatic heterocycles. The third-order valence-electron chi connectivity index (χ3n) is 5.35. The minimum atomic E-state index is -0.266. The van der Waals surface area contributed by atoms with Crippen molar-refractivity contribution in [1.29, 1.82) is 0 Å². The van der Waals surface area contributed by atoms with E-state index in [-0.39, 0.29) is 6.10 Å². The third kappa shape index (κ3) is 1.65. The van der Waals surface area contributed by atoms with Crippen molar-refractivity contribution in [3.63, 3.8) is 0 Å². The van der Waals surface area contributed by atoms with Gasteiger partial charge in [-0.15, -0.1) is 0 Å². The Kier molecular flexibility index (Phi) is 2.58. The molecule has 3 rings (SSSR count). The number of aliphatic hydroxyl groups excluding tert-OH is 1. The highest BCUT2D eigenvalue weighted by atomic mass is 16.3. The summed E-state index contributed by atoms with van der Waals surface area (Å²) in [5.74, 6) is 2.18. The van der Waals surface area contributed by atoms with Gasteiger partial charge in [-0.2, -0.15) is 0 Å². The summed E-state index contributed by atoms with van der Waals surface area (Å²) in [6.45, 7) is 6.36. The van der Waals surface area contributed by atoms with Gasteiger partial charge < -0.3 is 10.1 Å². The third-order valence-corrected chi connectivity index (χ3v) is 5.35. The maximum Gasteiger partial charge on any atom is 0.0971 e. The molecule has 4 unspecified atom stereocenters. The van der Waals surface area contributed by atoms with E-state index in [0.717, 1.165) is 17.5 Å². The number of H-pyrrole nitrogens is 1. The Hall–Kier alpha value is -0.760. The van der Waals surface area contributed by atoms with Crippen molar-refractivity contribution in [3.05, 3.63) is 22.5 Å². The van der Waals surface area contributed by atoms with Crippen LogP contribution in [0.25, 0.3) is 0 Å². The van der Waals surface area contributed by atoms with Gasteiger partial charge in [0.05, 0.1) is 6.10 Å². The molecular weight excluding hydrogens is 210 g/mol. The lowest BCUT2D eigenvalue weighted by Gasteiger charge is -2.26. The minimum absolute atomic E-state index is 0.266. The molecule has 0 spiro atoms. The van der Waals surface area contributed by atoms with Crippen LogP contribution in [-0.4, -0.2) is 10.1 Å². The van der Waals surface area contributed by atoms with E-state index in [2.05, 4.69) is 25.8 Å². The van der Waals surface area contributed by atoms with Gasteiger partial charge in [0.25, 0.3) is 0 Å². The van der Waals surface area contributed by atoms with Gasteiger partial charge in [-0.3, -0.25) is 0 Å². The zero-order valence-electron chi connectivity index (χ0n) is 11.1. The molecule has 2 fully saturated rings. The fourth-order valence-corrected chi connectivity index (χ4v) is 4.06. The lowest BCUT2D eigenvalue weighted by Crippen LogP contribution is -2.20. The number of hydrogen-bond donors (Lipinski definition) is 2. The van der Waals surface area contributed by atoms with Crippen molar-refractivity contribution in [2.45, 2.75) is 52.6 Å². The number of nitrogens with one attached hydrogen (secondary N) is 1. The molecule has 94 valence electrons. The van der Waals surface area contributed by atoms with Gasteiger partial charge in [0.1, 0.15) is 0 Å². The Balaban J connectivity index is 1.86. The van der Waals surface area contributed by atoms with Gasteiger partial charge >= 0.3 is 0 Å². The average molecular weight is 233 g/mol. The molecule has 2 aliphatic rings. The van der Waals surface area contributed by atoms with Crippen molar-refractivity contribution in [2.75, 3.05) is 0 Å². The van der Waals surface area contributed by atoms with Gasteiger partial charge in [0, 0.05) is 11.4 Å². The first-order valence-corrected chi connectivity index (χ1v) is 6.91. The van der Waals surface area contributed by atoms with Gasteiger partial charge in [0.2, 0.25) is 0 Å². The van der Waals surface area contributed by atoms with Crippen LogP contribution in [0, 0.1) is 38.5 Å². The molecule has 4 atom stereocenters. The first kappa shape index (κ1) is 11.3. The van der Waals surface area contributed by atoms with Crippen molar-refractivity contribution >= 4 is 0 Å². The van der Waals surface area contributed by atoms with E-state index in [9.17, 15) is 5.11 Å². The molecule has 2 bridgehead atoms. The predicted molar refractivity (Wildman–Crippen MR) is 68.9 cm³/mol. The van der Waals surface area contributed by atoms with E-state index >= 15 is 0 Å². The summed E-state index contributed by atoms with van der Waals surface area (Å²) in [4.78, 5) is 3.40. The molecule has 0 radical (unpaired) electrons. The number of aromatic nitrogens is 1. The summed E-state index contributed by atoms with van der Waals surface area (Å²) in [7, 11) is 0. The molecule has 0 amide bonds. The number of fused-ring (bicyclic) bond motifs is 2. The van der Waals surface area contributed by atoms with E-state index in [4.69, 9.17) is 0 Å². The molecule has 2 heteroatoms. The van der Waals surface area contributed by atoms with E-state index in [1.165, 1.54) is 42.5 Å². The zero-order valence-corrected chi connectivity index (χ0v) is 11.1. The number of rotatable bonds is 2. The van der Waals surface area contributed by atoms with Crippen LogP contribution in [0.15, 0.2) is 0 Å². The van der Waals surface area contributed by atoms with Crippen LogP contribution >= 0.6 is 0 Å². The highest BCUT2D eigenvalue weighted by molar-refractivity contribution is 5.35. The molecular formula is C15H23NO. The number of aliphatic hydroxyl groups is 1. The molecule has 2 N–H and O–H groups in total. The number of aryl methyl sites for hydroxylation is 1. The lowest BCUT2D eigenvalue weighted by atomic mass is 9.83. The average Bonchev–Trinajstić information content (AvgIpc) is 2.99. The van der Waals surface area contributed by atoms with Crippen LogP contribution in [0.5, 0.6) is 0 Å². The normalized spacial score (nSPS) is 33.3. The quantitative estimate of drug-likeness (QED) is 0.807. The summed E-state index contributed by atoms with van der Waals surface area (Å²) < 4.78 is 0. The van der Waals surface area contributed by atoms with Crippen molar-refractivity contribution in [3.8, 4) is 0 Å². The Morgan fingerprint density at radius 1 is 1.12 bits per heavy atom. The van der Waals surface area contributed by atoms with E-state index < -0.39 is 0 Å². The second-order valence-electron chi connectivity index (χ2n) is 6.20. The lowest BCUT2D eigenvalue weighted by molar-refractivity contribution is 0.0708. The molecule has 2 aliphatic carbocycles. The van der Waals surface area contributed by atoms with Gasteiger partial charge in [-0.25, -0.2) is 0 Å². The van der Waals surface area contributed by atoms with E-state index in [0.29, 0.717) is 5.92 Å². The standard InChI is InChI=1S/C15H23NO/c1-8-9(2)14(16-10(8)3)15(17)13-7-11-4-5-12(13)6-11/h11-13,15-17H,4-7H2,1-3H3. The Morgan fingerprint density at radius 3 is 2.35 bits per heavy atom. The van der Waals surface area contributed by atoms with Crippen molar-refractivity contribution in [1.82, 2.24) is 4.98 Å². The second kappa shape index (κ2) is 3.88. The topological polar surface area (TPSA) is 36.0 Å². The highest BCUT2D eigenvalue weighted by Crippen LogP contribution is 2.52. The summed E-state index contributed by atoms with van der Waals surface area (Å²) in [5, 5.41) is 10.6. The monoisotopic (exact) mass is 233 g/mol. The fraction of sp³-hybridized carbons (Fsp3) is 0.733. The highest BCUT2D eigenvalue weighted by Gasteiger charge is 2.43. The number of hydrogen-bond acceptors (Lipinski definition) is 1. The Morgan fingerprint density at radius 2 is 1.88 bits per heavy atom. The zero-order chi connectivity index (χ0) is 12.2. The molecule has 2 saturated carbocycles. The van der Waals surface area contributed by atoms with Crippen LogP contribution in [0.4, 0.5) is 0 Å². The maximum absolute atomic E-state index is 10.6. The van der Waals surface area contributed by atoms with Gasteiger partial charge in [-0.1, -0.05) is 6.42 Å². The largest absolute Gasteiger partial charge is 0.387 e. The minimum Gasteiger partial charge on any atom is -0.387 e. The summed E-state index contributed by atoms with van der Waals surface area (Å²) in [5.41, 5.74) is 4.86. The first-order valence-electron chi connectivity index (χ1n) is 6.91. The molecule has 1 aromatic rings. The molecule has 1 heterocycles. The molecule has 2 nitrogen and oxygen atoms in total. The van der Waals surface area contributed by atoms with E-state index in [1.54, 1.807) is 0 Å². The summed E-state index contributed by atoms with van der Waals surface area (Å²) in [6.07, 6.45) is 5.07. The fourth-order valence-electron chi connectivity index (χ4n) is 4.06. The molecule has 0 aromatic carbocycles. The van der Waals surface area contributed by atoms with Crippen LogP contribution in [0.1, 0.15) is 54.3 Å². The SMILES string of the molecule is Cc1[nH]c(C(O)C2CC3CCC2C3)c(C)c1C. The molecule has 0 aliphatic heterocycles. The smallest absolute Gasteiger partial charge is 0.0971 e. The summed E-state index contributed by atoms with van der Waals surface area (Å²) >= 11 is 0. The van der Waals surface area contributed by atoms with Gasteiger partial charge in [0.15, 0.2) is 0 Å². The Labute approximate surface area is 103 Å². The van der Waals surface area contributed by atoms with Crippen LogP contribution in [0.2, 0.25) is 0 Å². The van der Waals surface area contributed by atoms with Crippen LogP contribution in [0.3, 0.4) is 0 Å². The van der Waals surface area contributed by atoms with Crippen LogP contribution in [-0.2, 0) is 0 Å². The first-order chi connectivity index (χ1) is 8.08. The maximum atomic E-state index is 10.6.